The molecule has 35 heavy (non-hydrogen) atoms. The quantitative estimate of drug-likeness (QED) is 0.420. The molecule has 2 unspecified atom stereocenters. The van der Waals surface area contributed by atoms with Gasteiger partial charge >= 0.3 is 6.09 Å². The molecule has 2 aromatic carbocycles. The molecule has 4 nitrogen and oxygen atoms in total. The second kappa shape index (κ2) is 13.7. The van der Waals surface area contributed by atoms with Gasteiger partial charge in [0.1, 0.15) is 0 Å². The van der Waals surface area contributed by atoms with E-state index >= 15 is 0 Å². The van der Waals surface area contributed by atoms with Crippen molar-refractivity contribution in [2.75, 3.05) is 26.7 Å². The van der Waals surface area contributed by atoms with Crippen molar-refractivity contribution >= 4 is 6.09 Å². The van der Waals surface area contributed by atoms with Gasteiger partial charge in [-0.2, -0.15) is 0 Å². The molecule has 2 aliphatic carbocycles. The average molecular weight is 477 g/mol. The predicted octanol–water partition coefficient (Wildman–Crippen LogP) is 6.81. The Labute approximate surface area is 212 Å². The van der Waals surface area contributed by atoms with Crippen LogP contribution in [0.1, 0.15) is 63.4 Å². The number of hydrogen-bond donors (Lipinski definition) is 0. The maximum absolute atomic E-state index is 12.2. The number of benzene rings is 2. The topological polar surface area (TPSA) is 32.8 Å². The highest BCUT2D eigenvalue weighted by atomic mass is 16.5. The monoisotopic (exact) mass is 476 g/mol. The fourth-order valence-electron chi connectivity index (χ4n) is 5.97. The fourth-order valence-corrected chi connectivity index (χ4v) is 5.97. The van der Waals surface area contributed by atoms with Gasteiger partial charge in [-0.3, -0.25) is 0 Å². The molecule has 190 valence electrons. The maximum Gasteiger partial charge on any atom is 0.409 e. The molecule has 1 aliphatic heterocycles. The number of amides is 1. The molecular weight excluding hydrogens is 432 g/mol. The Hall–Kier alpha value is -2.33. The van der Waals surface area contributed by atoms with E-state index in [-0.39, 0.29) is 6.09 Å². The molecule has 0 bridgehead atoms. The van der Waals surface area contributed by atoms with Crippen LogP contribution in [-0.4, -0.2) is 54.7 Å². The van der Waals surface area contributed by atoms with Crippen LogP contribution >= 0.6 is 0 Å². The van der Waals surface area contributed by atoms with Crippen LogP contribution in [0.4, 0.5) is 4.79 Å². The molecule has 3 fully saturated rings. The predicted molar refractivity (Wildman–Crippen MR) is 143 cm³/mol. The summed E-state index contributed by atoms with van der Waals surface area (Å²) >= 11 is 0. The van der Waals surface area contributed by atoms with Crippen molar-refractivity contribution in [3.8, 4) is 0 Å². The smallest absolute Gasteiger partial charge is 0.409 e. The van der Waals surface area contributed by atoms with E-state index in [0.717, 1.165) is 31.1 Å². The van der Waals surface area contributed by atoms with Crippen molar-refractivity contribution in [1.29, 1.82) is 0 Å². The second-order valence-corrected chi connectivity index (χ2v) is 10.7. The van der Waals surface area contributed by atoms with Crippen LogP contribution in [0.15, 0.2) is 66.7 Å². The van der Waals surface area contributed by atoms with Crippen molar-refractivity contribution in [3.05, 3.63) is 72.3 Å². The first-order valence-electron chi connectivity index (χ1n) is 13.9. The highest BCUT2D eigenvalue weighted by Gasteiger charge is 2.41. The first-order chi connectivity index (χ1) is 17.2. The van der Waals surface area contributed by atoms with E-state index in [2.05, 4.69) is 40.1 Å². The summed E-state index contributed by atoms with van der Waals surface area (Å²) in [7, 11) is 1.52. The van der Waals surface area contributed by atoms with Crippen molar-refractivity contribution in [2.24, 2.45) is 11.8 Å². The lowest BCUT2D eigenvalue weighted by Gasteiger charge is -2.34. The van der Waals surface area contributed by atoms with Gasteiger partial charge in [-0.1, -0.05) is 73.2 Å². The maximum atomic E-state index is 12.2. The van der Waals surface area contributed by atoms with Crippen LogP contribution in [0.5, 0.6) is 0 Å². The lowest BCUT2D eigenvalue weighted by atomic mass is 9.90. The minimum absolute atomic E-state index is 0.102. The molecule has 2 aromatic rings. The Balaban J connectivity index is 0.000000421. The van der Waals surface area contributed by atoms with Crippen LogP contribution in [0.2, 0.25) is 0 Å². The molecule has 1 saturated heterocycles. The first-order valence-corrected chi connectivity index (χ1v) is 13.9. The van der Waals surface area contributed by atoms with Crippen molar-refractivity contribution in [3.63, 3.8) is 0 Å². The molecule has 0 radical (unpaired) electrons. The molecule has 1 heterocycles. The zero-order valence-electron chi connectivity index (χ0n) is 21.6. The Morgan fingerprint density at radius 1 is 0.829 bits per heavy atom. The van der Waals surface area contributed by atoms with Gasteiger partial charge in [0, 0.05) is 18.6 Å². The van der Waals surface area contributed by atoms with Crippen molar-refractivity contribution in [1.82, 2.24) is 9.80 Å². The number of methoxy groups -OCH3 is 1. The number of carbonyl (C=O) groups is 1. The van der Waals surface area contributed by atoms with Crippen LogP contribution < -0.4 is 0 Å². The summed E-state index contributed by atoms with van der Waals surface area (Å²) in [5.74, 6) is 1.66. The van der Waals surface area contributed by atoms with E-state index in [1.165, 1.54) is 77.3 Å². The zero-order valence-corrected chi connectivity index (χ0v) is 21.6. The summed E-state index contributed by atoms with van der Waals surface area (Å²) in [4.78, 5) is 16.9. The number of likely N-dealkylation sites (tertiary alicyclic amines) is 1. The summed E-state index contributed by atoms with van der Waals surface area (Å²) in [6.07, 6.45) is 12.5. The van der Waals surface area contributed by atoms with E-state index < -0.39 is 0 Å². The summed E-state index contributed by atoms with van der Waals surface area (Å²) < 4.78 is 5.06. The van der Waals surface area contributed by atoms with Gasteiger partial charge in [-0.25, -0.2) is 4.79 Å². The van der Waals surface area contributed by atoms with Crippen LogP contribution in [0.25, 0.3) is 0 Å². The molecule has 4 heteroatoms. The van der Waals surface area contributed by atoms with E-state index in [9.17, 15) is 4.79 Å². The van der Waals surface area contributed by atoms with Gasteiger partial charge in [-0.05, 0) is 88.3 Å². The highest BCUT2D eigenvalue weighted by molar-refractivity contribution is 5.68. The summed E-state index contributed by atoms with van der Waals surface area (Å²) in [5.41, 5.74) is 1.48. The molecule has 0 spiro atoms. The molecule has 3 aliphatic rings. The van der Waals surface area contributed by atoms with E-state index in [1.54, 1.807) is 0 Å². The van der Waals surface area contributed by atoms with Crippen LogP contribution in [0.3, 0.4) is 0 Å². The van der Waals surface area contributed by atoms with Crippen molar-refractivity contribution in [2.45, 2.75) is 76.3 Å². The van der Waals surface area contributed by atoms with Crippen molar-refractivity contribution < 1.29 is 9.53 Å². The Morgan fingerprint density at radius 3 is 2.03 bits per heavy atom. The highest BCUT2D eigenvalue weighted by Crippen LogP contribution is 2.37. The van der Waals surface area contributed by atoms with Gasteiger partial charge in [-0.15, -0.1) is 0 Å². The Bertz CT molecular complexity index is 820. The van der Waals surface area contributed by atoms with Gasteiger partial charge in [0.25, 0.3) is 0 Å². The molecule has 2 atom stereocenters. The molecule has 2 saturated carbocycles. The Morgan fingerprint density at radius 2 is 1.43 bits per heavy atom. The molecule has 0 aromatic heterocycles. The third-order valence-electron chi connectivity index (χ3n) is 8.04. The first kappa shape index (κ1) is 25.8. The number of rotatable bonds is 8. The lowest BCUT2D eigenvalue weighted by Crippen LogP contribution is -2.41. The minimum atomic E-state index is -0.102. The van der Waals surface area contributed by atoms with Gasteiger partial charge in [0.15, 0.2) is 0 Å². The van der Waals surface area contributed by atoms with E-state index in [4.69, 9.17) is 4.74 Å². The average Bonchev–Trinajstić information content (AvgIpc) is 3.65. The van der Waals surface area contributed by atoms with Gasteiger partial charge in [0.05, 0.1) is 7.11 Å². The van der Waals surface area contributed by atoms with Gasteiger partial charge in [0.2, 0.25) is 0 Å². The number of aryl methyl sites for hydroxylation is 1. The SMILES string of the molecule is COC(=O)N(C1CC1)C1CCC(CN2CCC(CCCc3ccccc3)CC2)C1.c1ccccc1. The number of piperidine rings is 1. The standard InChI is InChI=1S/C25H38N2O2.C6H6/c1-29-25(28)27(23-12-13-23)24-11-10-22(18-24)19-26-16-14-21(15-17-26)9-5-8-20-6-3-2-4-7-20;1-2-4-6-5-3-1/h2-4,6-7,21-24H,5,8-19H2,1H3;1-6H. The van der Waals surface area contributed by atoms with Gasteiger partial charge < -0.3 is 14.5 Å². The molecule has 0 N–H and O–H groups in total. The normalized spacial score (nSPS) is 22.8. The molecule has 5 rings (SSSR count). The van der Waals surface area contributed by atoms with Crippen LogP contribution in [-0.2, 0) is 11.2 Å². The zero-order chi connectivity index (χ0) is 24.3. The fraction of sp³-hybridized carbons (Fsp3) is 0.581. The summed E-state index contributed by atoms with van der Waals surface area (Å²) in [5, 5.41) is 0. The third kappa shape index (κ3) is 8.38. The summed E-state index contributed by atoms with van der Waals surface area (Å²) in [6.45, 7) is 3.76. The summed E-state index contributed by atoms with van der Waals surface area (Å²) in [6, 6.07) is 23.8. The number of carbonyl (C=O) groups excluding carboxylic acids is 1. The second-order valence-electron chi connectivity index (χ2n) is 10.7. The molecular formula is C31H44N2O2. The van der Waals surface area contributed by atoms with Crippen LogP contribution in [0, 0.1) is 11.8 Å². The number of ether oxygens (including phenoxy) is 1. The largest absolute Gasteiger partial charge is 0.453 e. The molecule has 1 amide bonds. The Kier molecular flexibility index (Phi) is 10.1. The van der Waals surface area contributed by atoms with E-state index in [0.29, 0.717) is 12.1 Å². The number of hydrogen-bond acceptors (Lipinski definition) is 3. The number of nitrogens with zero attached hydrogens (tertiary/aromatic N) is 2. The third-order valence-corrected chi connectivity index (χ3v) is 8.04. The van der Waals surface area contributed by atoms with E-state index in [1.807, 2.05) is 36.4 Å². The lowest BCUT2D eigenvalue weighted by molar-refractivity contribution is 0.0990. The minimum Gasteiger partial charge on any atom is -0.453 e.